The fraction of sp³-hybridized carbons (Fsp3) is 0.222. The summed E-state index contributed by atoms with van der Waals surface area (Å²) >= 11 is 0. The van der Waals surface area contributed by atoms with Crippen molar-refractivity contribution in [1.29, 1.82) is 10.5 Å². The number of para-hydroxylation sites is 1. The van der Waals surface area contributed by atoms with Gasteiger partial charge in [0.05, 0.1) is 16.8 Å². The van der Waals surface area contributed by atoms with Crippen LogP contribution in [0.15, 0.2) is 42.5 Å². The Hall–Kier alpha value is -2.78. The number of hydrogen-bond donors (Lipinski definition) is 1. The highest BCUT2D eigenvalue weighted by molar-refractivity contribution is 5.67. The average Bonchev–Trinajstić information content (AvgIpc) is 2.55. The number of aryl methyl sites for hydroxylation is 1. The van der Waals surface area contributed by atoms with Crippen LogP contribution in [0.5, 0.6) is 0 Å². The minimum absolute atomic E-state index is 0.0255. The van der Waals surface area contributed by atoms with Gasteiger partial charge in [-0.15, -0.1) is 0 Å². The van der Waals surface area contributed by atoms with E-state index in [9.17, 15) is 10.5 Å². The maximum Gasteiger partial charge on any atom is 0.101 e. The standard InChI is InChI=1S/C18H17N3/c1-3-14-7-9-15(10-8-14)13(2)21-18-16(11-19)5-4-6-17(18)12-20/h4-10,13,21H,3H2,1-2H3. The third-order valence-electron chi connectivity index (χ3n) is 3.55. The van der Waals surface area contributed by atoms with Crippen LogP contribution in [0.4, 0.5) is 5.69 Å². The molecule has 0 amide bonds. The molecule has 0 fully saturated rings. The molecule has 21 heavy (non-hydrogen) atoms. The average molecular weight is 275 g/mol. The summed E-state index contributed by atoms with van der Waals surface area (Å²) in [5.41, 5.74) is 4.01. The largest absolute Gasteiger partial charge is 0.376 e. The highest BCUT2D eigenvalue weighted by Crippen LogP contribution is 2.25. The first-order valence-corrected chi connectivity index (χ1v) is 6.98. The molecule has 104 valence electrons. The molecular weight excluding hydrogens is 258 g/mol. The Labute approximate surface area is 125 Å². The first kappa shape index (κ1) is 14.6. The van der Waals surface area contributed by atoms with Gasteiger partial charge in [0.25, 0.3) is 0 Å². The molecule has 1 unspecified atom stereocenters. The molecule has 0 saturated carbocycles. The molecule has 0 heterocycles. The van der Waals surface area contributed by atoms with Crippen LogP contribution in [0.25, 0.3) is 0 Å². The highest BCUT2D eigenvalue weighted by atomic mass is 14.9. The summed E-state index contributed by atoms with van der Waals surface area (Å²) in [5, 5.41) is 21.7. The van der Waals surface area contributed by atoms with E-state index >= 15 is 0 Å². The van der Waals surface area contributed by atoms with Gasteiger partial charge < -0.3 is 5.32 Å². The third-order valence-corrected chi connectivity index (χ3v) is 3.55. The predicted molar refractivity (Wildman–Crippen MR) is 83.7 cm³/mol. The van der Waals surface area contributed by atoms with Crippen LogP contribution in [0.1, 0.15) is 42.1 Å². The monoisotopic (exact) mass is 275 g/mol. The number of nitrogens with zero attached hydrogens (tertiary/aromatic N) is 2. The lowest BCUT2D eigenvalue weighted by molar-refractivity contribution is 0.881. The number of benzene rings is 2. The number of rotatable bonds is 4. The van der Waals surface area contributed by atoms with Gasteiger partial charge in [-0.3, -0.25) is 0 Å². The molecular formula is C18H17N3. The van der Waals surface area contributed by atoms with E-state index in [1.54, 1.807) is 18.2 Å². The van der Waals surface area contributed by atoms with Crippen molar-refractivity contribution < 1.29 is 0 Å². The third kappa shape index (κ3) is 3.22. The van der Waals surface area contributed by atoms with E-state index in [2.05, 4.69) is 48.6 Å². The zero-order chi connectivity index (χ0) is 15.2. The van der Waals surface area contributed by atoms with Crippen molar-refractivity contribution in [2.45, 2.75) is 26.3 Å². The second-order valence-corrected chi connectivity index (χ2v) is 4.91. The quantitative estimate of drug-likeness (QED) is 0.911. The van der Waals surface area contributed by atoms with E-state index in [1.165, 1.54) is 5.56 Å². The minimum Gasteiger partial charge on any atom is -0.376 e. The predicted octanol–water partition coefficient (Wildman–Crippen LogP) is 4.17. The molecule has 3 nitrogen and oxygen atoms in total. The van der Waals surface area contributed by atoms with Gasteiger partial charge in [-0.1, -0.05) is 37.3 Å². The van der Waals surface area contributed by atoms with Crippen molar-refractivity contribution >= 4 is 5.69 Å². The van der Waals surface area contributed by atoms with Crippen LogP contribution in [0.3, 0.4) is 0 Å². The van der Waals surface area contributed by atoms with Crippen LogP contribution in [-0.4, -0.2) is 0 Å². The molecule has 0 radical (unpaired) electrons. The number of nitrogens with one attached hydrogen (secondary N) is 1. The summed E-state index contributed by atoms with van der Waals surface area (Å²) in [4.78, 5) is 0. The summed E-state index contributed by atoms with van der Waals surface area (Å²) in [7, 11) is 0. The van der Waals surface area contributed by atoms with Gasteiger partial charge in [-0.25, -0.2) is 0 Å². The van der Waals surface area contributed by atoms with E-state index in [-0.39, 0.29) is 6.04 Å². The van der Waals surface area contributed by atoms with Gasteiger partial charge in [0.1, 0.15) is 12.1 Å². The first-order valence-electron chi connectivity index (χ1n) is 6.98. The molecule has 3 heteroatoms. The van der Waals surface area contributed by atoms with Crippen LogP contribution < -0.4 is 5.32 Å². The van der Waals surface area contributed by atoms with E-state index in [4.69, 9.17) is 0 Å². The summed E-state index contributed by atoms with van der Waals surface area (Å²) in [6.07, 6.45) is 1.01. The van der Waals surface area contributed by atoms with Gasteiger partial charge in [-0.05, 0) is 36.6 Å². The molecule has 2 rings (SSSR count). The zero-order valence-corrected chi connectivity index (χ0v) is 12.2. The molecule has 0 aliphatic heterocycles. The Bertz CT molecular complexity index is 670. The van der Waals surface area contributed by atoms with Crippen molar-refractivity contribution in [1.82, 2.24) is 0 Å². The van der Waals surface area contributed by atoms with Gasteiger partial charge in [0.15, 0.2) is 0 Å². The molecule has 2 aromatic rings. The molecule has 0 bridgehead atoms. The lowest BCUT2D eigenvalue weighted by Crippen LogP contribution is -2.09. The summed E-state index contributed by atoms with van der Waals surface area (Å²) < 4.78 is 0. The Morgan fingerprint density at radius 2 is 1.57 bits per heavy atom. The van der Waals surface area contributed by atoms with Crippen LogP contribution in [-0.2, 0) is 6.42 Å². The van der Waals surface area contributed by atoms with E-state index < -0.39 is 0 Å². The Morgan fingerprint density at radius 1 is 1.00 bits per heavy atom. The summed E-state index contributed by atoms with van der Waals surface area (Å²) in [6, 6.07) is 17.8. The first-order chi connectivity index (χ1) is 10.2. The van der Waals surface area contributed by atoms with E-state index in [1.807, 2.05) is 6.92 Å². The van der Waals surface area contributed by atoms with Crippen LogP contribution in [0.2, 0.25) is 0 Å². The highest BCUT2D eigenvalue weighted by Gasteiger charge is 2.12. The Balaban J connectivity index is 2.29. The molecule has 1 N–H and O–H groups in total. The maximum atomic E-state index is 9.19. The minimum atomic E-state index is 0.0255. The molecule has 0 aliphatic rings. The number of anilines is 1. The second-order valence-electron chi connectivity index (χ2n) is 4.91. The summed E-state index contributed by atoms with van der Waals surface area (Å²) in [5.74, 6) is 0. The van der Waals surface area contributed by atoms with E-state index in [0.29, 0.717) is 16.8 Å². The zero-order valence-electron chi connectivity index (χ0n) is 12.2. The Morgan fingerprint density at radius 3 is 2.05 bits per heavy atom. The SMILES string of the molecule is CCc1ccc(C(C)Nc2c(C#N)cccc2C#N)cc1. The van der Waals surface area contributed by atoms with Crippen molar-refractivity contribution in [3.05, 3.63) is 64.7 Å². The smallest absolute Gasteiger partial charge is 0.101 e. The van der Waals surface area contributed by atoms with Gasteiger partial charge in [0.2, 0.25) is 0 Å². The van der Waals surface area contributed by atoms with Gasteiger partial charge in [0, 0.05) is 6.04 Å². The molecule has 0 aromatic heterocycles. The topological polar surface area (TPSA) is 59.6 Å². The van der Waals surface area contributed by atoms with Gasteiger partial charge in [-0.2, -0.15) is 10.5 Å². The van der Waals surface area contributed by atoms with Crippen molar-refractivity contribution in [3.8, 4) is 12.1 Å². The molecule has 0 spiro atoms. The van der Waals surface area contributed by atoms with Crippen molar-refractivity contribution in [2.24, 2.45) is 0 Å². The summed E-state index contributed by atoms with van der Waals surface area (Å²) in [6.45, 7) is 4.15. The van der Waals surface area contributed by atoms with E-state index in [0.717, 1.165) is 12.0 Å². The fourth-order valence-electron chi connectivity index (χ4n) is 2.24. The molecule has 1 atom stereocenters. The molecule has 0 aliphatic carbocycles. The van der Waals surface area contributed by atoms with Gasteiger partial charge >= 0.3 is 0 Å². The second kappa shape index (κ2) is 6.59. The number of hydrogen-bond acceptors (Lipinski definition) is 3. The van der Waals surface area contributed by atoms with Crippen molar-refractivity contribution in [2.75, 3.05) is 5.32 Å². The van der Waals surface area contributed by atoms with Crippen molar-refractivity contribution in [3.63, 3.8) is 0 Å². The lowest BCUT2D eigenvalue weighted by Gasteiger charge is -2.18. The van der Waals surface area contributed by atoms with Crippen LogP contribution >= 0.6 is 0 Å². The molecule has 2 aromatic carbocycles. The maximum absolute atomic E-state index is 9.19. The molecule has 0 saturated heterocycles. The fourth-order valence-corrected chi connectivity index (χ4v) is 2.24. The Kier molecular flexibility index (Phi) is 4.59. The van der Waals surface area contributed by atoms with Crippen LogP contribution in [0, 0.1) is 22.7 Å². The number of nitriles is 2. The lowest BCUT2D eigenvalue weighted by atomic mass is 10.0. The normalized spacial score (nSPS) is 11.2.